The molecule has 1 aliphatic rings. The van der Waals surface area contributed by atoms with Crippen molar-refractivity contribution in [3.8, 4) is 0 Å². The number of rotatable bonds is 4. The minimum absolute atomic E-state index is 0.246. The van der Waals surface area contributed by atoms with Gasteiger partial charge in [-0.1, -0.05) is 0 Å². The van der Waals surface area contributed by atoms with Crippen LogP contribution in [0.25, 0.3) is 0 Å². The fourth-order valence-corrected chi connectivity index (χ4v) is 3.23. The highest BCUT2D eigenvalue weighted by molar-refractivity contribution is 7.98. The van der Waals surface area contributed by atoms with Crippen molar-refractivity contribution in [3.63, 3.8) is 0 Å². The number of hydrogen-bond acceptors (Lipinski definition) is 6. The molecule has 2 aromatic heterocycles. The number of nitrogens with zero attached hydrogens (tertiary/aromatic N) is 5. The van der Waals surface area contributed by atoms with E-state index in [4.69, 9.17) is 0 Å². The molecule has 7 heteroatoms. The van der Waals surface area contributed by atoms with E-state index in [1.807, 2.05) is 36.2 Å². The van der Waals surface area contributed by atoms with Gasteiger partial charge in [0.05, 0.1) is 0 Å². The zero-order chi connectivity index (χ0) is 15.5. The summed E-state index contributed by atoms with van der Waals surface area (Å²) < 4.78 is 1.89. The second-order valence-corrected chi connectivity index (χ2v) is 6.43. The van der Waals surface area contributed by atoms with Gasteiger partial charge in [-0.25, -0.2) is 4.98 Å². The van der Waals surface area contributed by atoms with Crippen molar-refractivity contribution in [3.05, 3.63) is 30.4 Å². The lowest BCUT2D eigenvalue weighted by atomic mass is 9.90. The zero-order valence-electron chi connectivity index (χ0n) is 12.9. The molecule has 0 radical (unpaired) electrons. The number of aliphatic hydroxyl groups excluding tert-OH is 1. The van der Waals surface area contributed by atoms with E-state index in [0.29, 0.717) is 0 Å². The van der Waals surface area contributed by atoms with Gasteiger partial charge in [0.1, 0.15) is 17.0 Å². The Morgan fingerprint density at radius 2 is 2.05 bits per heavy atom. The van der Waals surface area contributed by atoms with Crippen LogP contribution in [0, 0.1) is 5.92 Å². The van der Waals surface area contributed by atoms with Crippen LogP contribution in [0.2, 0.25) is 0 Å². The first-order valence-electron chi connectivity index (χ1n) is 7.47. The normalized spacial score (nSPS) is 17.7. The summed E-state index contributed by atoms with van der Waals surface area (Å²) in [6, 6.07) is 4.02. The molecule has 1 aliphatic heterocycles. The first kappa shape index (κ1) is 15.3. The van der Waals surface area contributed by atoms with E-state index < -0.39 is 6.10 Å². The topological polar surface area (TPSA) is 67.1 Å². The van der Waals surface area contributed by atoms with Crippen LogP contribution in [-0.4, -0.2) is 44.2 Å². The number of aliphatic hydroxyl groups is 1. The van der Waals surface area contributed by atoms with Crippen molar-refractivity contribution >= 4 is 17.6 Å². The predicted molar refractivity (Wildman–Crippen MR) is 86.9 cm³/mol. The number of aromatic nitrogens is 4. The maximum atomic E-state index is 10.5. The van der Waals surface area contributed by atoms with Crippen molar-refractivity contribution in [2.45, 2.75) is 24.0 Å². The molecule has 1 atom stereocenters. The summed E-state index contributed by atoms with van der Waals surface area (Å²) >= 11 is 1.59. The van der Waals surface area contributed by atoms with E-state index in [1.165, 1.54) is 0 Å². The van der Waals surface area contributed by atoms with Gasteiger partial charge < -0.3 is 14.6 Å². The molecule has 0 spiro atoms. The number of imidazole rings is 1. The molecule has 0 bridgehead atoms. The Labute approximate surface area is 134 Å². The Bertz CT molecular complexity index is 607. The summed E-state index contributed by atoms with van der Waals surface area (Å²) in [5.41, 5.74) is 0. The molecule has 2 aromatic rings. The molecule has 1 unspecified atom stereocenters. The third-order valence-corrected chi connectivity index (χ3v) is 4.90. The Morgan fingerprint density at radius 3 is 2.59 bits per heavy atom. The summed E-state index contributed by atoms with van der Waals surface area (Å²) in [7, 11) is 1.92. The first-order chi connectivity index (χ1) is 10.7. The molecule has 1 fully saturated rings. The van der Waals surface area contributed by atoms with Crippen LogP contribution in [0.5, 0.6) is 0 Å². The van der Waals surface area contributed by atoms with Crippen LogP contribution >= 0.6 is 11.8 Å². The van der Waals surface area contributed by atoms with Crippen molar-refractivity contribution in [2.75, 3.05) is 24.2 Å². The monoisotopic (exact) mass is 319 g/mol. The standard InChI is InChI=1S/C15H21N5OS/c1-19-10-7-16-15(19)14(21)11-5-8-20(9-6-11)12-3-4-13(22-2)18-17-12/h3-4,7,10-11,14,21H,5-6,8-9H2,1-2H3. The Balaban J connectivity index is 1.61. The minimum Gasteiger partial charge on any atom is -0.385 e. The lowest BCUT2D eigenvalue weighted by Crippen LogP contribution is -2.36. The molecule has 1 saturated heterocycles. The van der Waals surface area contributed by atoms with Crippen LogP contribution in [-0.2, 0) is 7.05 Å². The van der Waals surface area contributed by atoms with Gasteiger partial charge in [-0.2, -0.15) is 0 Å². The quantitative estimate of drug-likeness (QED) is 0.868. The largest absolute Gasteiger partial charge is 0.385 e. The highest BCUT2D eigenvalue weighted by atomic mass is 32.2. The van der Waals surface area contributed by atoms with Gasteiger partial charge >= 0.3 is 0 Å². The molecule has 1 N–H and O–H groups in total. The fraction of sp³-hybridized carbons (Fsp3) is 0.533. The van der Waals surface area contributed by atoms with Crippen molar-refractivity contribution < 1.29 is 5.11 Å². The summed E-state index contributed by atoms with van der Waals surface area (Å²) in [4.78, 5) is 6.50. The number of anilines is 1. The molecule has 3 rings (SSSR count). The Kier molecular flexibility index (Phi) is 4.63. The lowest BCUT2D eigenvalue weighted by Gasteiger charge is -2.34. The van der Waals surface area contributed by atoms with E-state index in [-0.39, 0.29) is 5.92 Å². The Morgan fingerprint density at radius 1 is 1.27 bits per heavy atom. The smallest absolute Gasteiger partial charge is 0.151 e. The van der Waals surface area contributed by atoms with Gasteiger partial charge in [0.2, 0.25) is 0 Å². The van der Waals surface area contributed by atoms with Crippen LogP contribution < -0.4 is 4.90 Å². The molecule has 118 valence electrons. The maximum absolute atomic E-state index is 10.5. The van der Waals surface area contributed by atoms with Gasteiger partial charge in [-0.3, -0.25) is 0 Å². The van der Waals surface area contributed by atoms with Crippen LogP contribution in [0.4, 0.5) is 5.82 Å². The van der Waals surface area contributed by atoms with Gasteiger partial charge in [0.25, 0.3) is 0 Å². The number of thioether (sulfide) groups is 1. The van der Waals surface area contributed by atoms with Crippen LogP contribution in [0.3, 0.4) is 0 Å². The number of piperidine rings is 1. The molecule has 3 heterocycles. The summed E-state index contributed by atoms with van der Waals surface area (Å²) in [5.74, 6) is 1.92. The average Bonchev–Trinajstić information content (AvgIpc) is 3.00. The van der Waals surface area contributed by atoms with Gasteiger partial charge in [0, 0.05) is 32.5 Å². The van der Waals surface area contributed by atoms with Crippen LogP contribution in [0.1, 0.15) is 24.8 Å². The molecular weight excluding hydrogens is 298 g/mol. The van der Waals surface area contributed by atoms with Crippen molar-refractivity contribution in [1.29, 1.82) is 0 Å². The molecule has 0 aromatic carbocycles. The highest BCUT2D eigenvalue weighted by Crippen LogP contribution is 2.31. The van der Waals surface area contributed by atoms with Gasteiger partial charge in [0.15, 0.2) is 5.82 Å². The fourth-order valence-electron chi connectivity index (χ4n) is 2.91. The maximum Gasteiger partial charge on any atom is 0.151 e. The summed E-state index contributed by atoms with van der Waals surface area (Å²) in [6.45, 7) is 1.78. The van der Waals surface area contributed by atoms with Gasteiger partial charge in [-0.05, 0) is 37.1 Å². The summed E-state index contributed by atoms with van der Waals surface area (Å²) in [6.07, 6.45) is 6.97. The SMILES string of the molecule is CSc1ccc(N2CCC(C(O)c3nccn3C)CC2)nn1. The Hall–Kier alpha value is -1.60. The van der Waals surface area contributed by atoms with E-state index in [0.717, 1.165) is 42.6 Å². The van der Waals surface area contributed by atoms with E-state index in [9.17, 15) is 5.11 Å². The molecule has 22 heavy (non-hydrogen) atoms. The van der Waals surface area contributed by atoms with E-state index >= 15 is 0 Å². The van der Waals surface area contributed by atoms with E-state index in [2.05, 4.69) is 20.1 Å². The summed E-state index contributed by atoms with van der Waals surface area (Å²) in [5, 5.41) is 19.9. The molecule has 0 saturated carbocycles. The third kappa shape index (κ3) is 3.10. The van der Waals surface area contributed by atoms with Crippen molar-refractivity contribution in [2.24, 2.45) is 13.0 Å². The number of hydrogen-bond donors (Lipinski definition) is 1. The predicted octanol–water partition coefficient (Wildman–Crippen LogP) is 1.88. The van der Waals surface area contributed by atoms with Gasteiger partial charge in [-0.15, -0.1) is 22.0 Å². The average molecular weight is 319 g/mol. The number of aryl methyl sites for hydroxylation is 1. The highest BCUT2D eigenvalue weighted by Gasteiger charge is 2.28. The molecular formula is C15H21N5OS. The molecule has 6 nitrogen and oxygen atoms in total. The molecule has 0 aliphatic carbocycles. The van der Waals surface area contributed by atoms with E-state index in [1.54, 1.807) is 18.0 Å². The second kappa shape index (κ2) is 6.66. The molecule has 0 amide bonds. The lowest BCUT2D eigenvalue weighted by molar-refractivity contribution is 0.0824. The second-order valence-electron chi connectivity index (χ2n) is 5.60. The van der Waals surface area contributed by atoms with Crippen molar-refractivity contribution in [1.82, 2.24) is 19.7 Å². The zero-order valence-corrected chi connectivity index (χ0v) is 13.7. The minimum atomic E-state index is -0.493. The first-order valence-corrected chi connectivity index (χ1v) is 8.69. The van der Waals surface area contributed by atoms with Crippen LogP contribution in [0.15, 0.2) is 29.6 Å². The third-order valence-electron chi connectivity index (χ3n) is 4.27.